The number of likely N-dealkylation sites (tertiary alicyclic amines) is 1. The van der Waals surface area contributed by atoms with Crippen LogP contribution in [0, 0.1) is 12.7 Å². The summed E-state index contributed by atoms with van der Waals surface area (Å²) in [6.07, 6.45) is 3.16. The van der Waals surface area contributed by atoms with Gasteiger partial charge in [0.2, 0.25) is 0 Å². The highest BCUT2D eigenvalue weighted by molar-refractivity contribution is 5.97. The molecule has 6 rings (SSSR count). The lowest BCUT2D eigenvalue weighted by Crippen LogP contribution is -2.52. The van der Waals surface area contributed by atoms with Crippen LogP contribution in [0.25, 0.3) is 16.6 Å². The van der Waals surface area contributed by atoms with Crippen molar-refractivity contribution in [3.63, 3.8) is 0 Å². The second-order valence-electron chi connectivity index (χ2n) is 9.89. The zero-order chi connectivity index (χ0) is 28.7. The van der Waals surface area contributed by atoms with Gasteiger partial charge in [-0.3, -0.25) is 0 Å². The number of benzene rings is 2. The third-order valence-electron chi connectivity index (χ3n) is 6.90. The van der Waals surface area contributed by atoms with E-state index in [2.05, 4.69) is 25.4 Å². The largest absolute Gasteiger partial charge is 0.497 e. The van der Waals surface area contributed by atoms with Crippen molar-refractivity contribution in [3.8, 4) is 23.0 Å². The van der Waals surface area contributed by atoms with Gasteiger partial charge in [0, 0.05) is 43.4 Å². The van der Waals surface area contributed by atoms with Crippen LogP contribution in [0.3, 0.4) is 0 Å². The van der Waals surface area contributed by atoms with E-state index in [4.69, 9.17) is 14.2 Å². The lowest BCUT2D eigenvalue weighted by molar-refractivity contribution is -0.134. The van der Waals surface area contributed by atoms with Gasteiger partial charge in [0.05, 0.1) is 30.2 Å². The first-order chi connectivity index (χ1) is 19.7. The Hall–Kier alpha value is -4.65. The minimum absolute atomic E-state index is 0.106. The van der Waals surface area contributed by atoms with E-state index in [1.54, 1.807) is 53.8 Å². The maximum absolute atomic E-state index is 15.4. The molecule has 13 heteroatoms. The van der Waals surface area contributed by atoms with Crippen LogP contribution in [0.4, 0.5) is 24.7 Å². The van der Waals surface area contributed by atoms with E-state index in [1.165, 1.54) is 31.9 Å². The maximum Gasteiger partial charge on any atom is 0.296 e. The fourth-order valence-corrected chi connectivity index (χ4v) is 4.81. The first kappa shape index (κ1) is 26.6. The van der Waals surface area contributed by atoms with Crippen molar-refractivity contribution in [2.24, 2.45) is 0 Å². The molecule has 1 aliphatic heterocycles. The molecule has 0 aliphatic carbocycles. The quantitative estimate of drug-likeness (QED) is 0.279. The van der Waals surface area contributed by atoms with E-state index < -0.39 is 24.4 Å². The lowest BCUT2D eigenvalue weighted by atomic mass is 10.0. The Morgan fingerprint density at radius 2 is 1.88 bits per heavy atom. The number of hydrogen-bond donors (Lipinski definition) is 1. The Bertz CT molecular complexity index is 1750. The number of rotatable bonds is 7. The molecule has 212 valence electrons. The average Bonchev–Trinajstić information content (AvgIpc) is 3.40. The number of piperidine rings is 1. The molecule has 1 saturated heterocycles. The fourth-order valence-electron chi connectivity index (χ4n) is 4.81. The molecule has 1 aliphatic rings. The number of pyridine rings is 1. The number of methoxy groups -OCH3 is 1. The molecule has 5 aromatic rings. The van der Waals surface area contributed by atoms with Crippen LogP contribution >= 0.6 is 0 Å². The summed E-state index contributed by atoms with van der Waals surface area (Å²) < 4.78 is 63.9. The number of ether oxygens (including phenoxy) is 3. The number of nitrogens with one attached hydrogen (secondary N) is 1. The molecule has 1 N–H and O–H groups in total. The highest BCUT2D eigenvalue weighted by Gasteiger charge is 2.45. The van der Waals surface area contributed by atoms with Crippen molar-refractivity contribution in [3.05, 3.63) is 66.6 Å². The highest BCUT2D eigenvalue weighted by atomic mass is 19.3. The van der Waals surface area contributed by atoms with Crippen molar-refractivity contribution < 1.29 is 27.4 Å². The maximum atomic E-state index is 15.4. The molecular weight excluding hydrogens is 539 g/mol. The lowest BCUT2D eigenvalue weighted by Gasteiger charge is -2.36. The number of aromatic nitrogens is 5. The molecule has 2 aromatic carbocycles. The summed E-state index contributed by atoms with van der Waals surface area (Å²) >= 11 is 0. The third-order valence-corrected chi connectivity index (χ3v) is 6.90. The smallest absolute Gasteiger partial charge is 0.296 e. The third kappa shape index (κ3) is 5.27. The molecule has 4 heterocycles. The number of aryl methyl sites for hydroxylation is 1. The number of alkyl halides is 2. The second-order valence-corrected chi connectivity index (χ2v) is 9.89. The van der Waals surface area contributed by atoms with Gasteiger partial charge in [0.15, 0.2) is 11.8 Å². The molecule has 3 aromatic heterocycles. The van der Waals surface area contributed by atoms with Gasteiger partial charge in [-0.25, -0.2) is 32.6 Å². The first-order valence-electron chi connectivity index (χ1n) is 12.8. The van der Waals surface area contributed by atoms with Crippen LogP contribution in [0.5, 0.6) is 23.0 Å². The van der Waals surface area contributed by atoms with Gasteiger partial charge in [-0.15, -0.1) is 0 Å². The summed E-state index contributed by atoms with van der Waals surface area (Å²) in [5.74, 6) is -2.24. The Morgan fingerprint density at radius 3 is 2.68 bits per heavy atom. The first-order valence-corrected chi connectivity index (χ1v) is 12.8. The van der Waals surface area contributed by atoms with Gasteiger partial charge < -0.3 is 24.4 Å². The summed E-state index contributed by atoms with van der Waals surface area (Å²) in [5, 5.41) is 7.36. The number of nitrogens with zero attached hydrogens (tertiary/aromatic N) is 6. The Morgan fingerprint density at radius 1 is 1.02 bits per heavy atom. The molecule has 0 radical (unpaired) electrons. The standard InChI is InChI=1S/C28H26F3N7O3/c1-16-8-20(19(29)12-22(16)40-17-4-7-38-25(11-17)33-15-35-38)36-27-26-21(32-14-34-27)9-18(39-3)10-23(26)41-24-5-6-37(2)13-28(24,30)31/h4,7-12,14-15,24H,5-6,13H2,1-3H3,(H,32,34,36). The van der Waals surface area contributed by atoms with Crippen LogP contribution in [0.1, 0.15) is 12.0 Å². The number of hydrogen-bond acceptors (Lipinski definition) is 9. The molecule has 41 heavy (non-hydrogen) atoms. The van der Waals surface area contributed by atoms with E-state index in [0.29, 0.717) is 45.9 Å². The van der Waals surface area contributed by atoms with Crippen LogP contribution in [-0.4, -0.2) is 68.7 Å². The minimum Gasteiger partial charge on any atom is -0.497 e. The molecule has 0 saturated carbocycles. The zero-order valence-electron chi connectivity index (χ0n) is 22.4. The Kier molecular flexibility index (Phi) is 6.73. The van der Waals surface area contributed by atoms with Crippen LogP contribution in [-0.2, 0) is 0 Å². The fraction of sp³-hybridized carbons (Fsp3) is 0.286. The van der Waals surface area contributed by atoms with Crippen molar-refractivity contribution in [1.82, 2.24) is 29.5 Å². The van der Waals surface area contributed by atoms with E-state index >= 15 is 4.39 Å². The van der Waals surface area contributed by atoms with Crippen LogP contribution < -0.4 is 19.5 Å². The summed E-state index contributed by atoms with van der Waals surface area (Å²) in [6.45, 7) is 1.80. The number of halogens is 3. The Labute approximate surface area is 232 Å². The molecule has 1 unspecified atom stereocenters. The summed E-state index contributed by atoms with van der Waals surface area (Å²) in [7, 11) is 3.10. The summed E-state index contributed by atoms with van der Waals surface area (Å²) in [5.41, 5.74) is 1.71. The van der Waals surface area contributed by atoms with Gasteiger partial charge in [-0.1, -0.05) is 0 Å². The topological polar surface area (TPSA) is 98.9 Å². The summed E-state index contributed by atoms with van der Waals surface area (Å²) in [6, 6.07) is 9.36. The average molecular weight is 566 g/mol. The predicted octanol–water partition coefficient (Wildman–Crippen LogP) is 5.38. The second kappa shape index (κ2) is 10.4. The van der Waals surface area contributed by atoms with Gasteiger partial charge in [0.25, 0.3) is 5.92 Å². The molecule has 1 fully saturated rings. The molecular formula is C28H26F3N7O3. The molecule has 0 bridgehead atoms. The zero-order valence-corrected chi connectivity index (χ0v) is 22.4. The Balaban J connectivity index is 1.33. The summed E-state index contributed by atoms with van der Waals surface area (Å²) in [4.78, 5) is 14.3. The molecule has 1 atom stereocenters. The van der Waals surface area contributed by atoms with Gasteiger partial charge in [-0.05, 0) is 31.7 Å². The molecule has 10 nitrogen and oxygen atoms in total. The highest BCUT2D eigenvalue weighted by Crippen LogP contribution is 2.40. The molecule has 0 spiro atoms. The monoisotopic (exact) mass is 565 g/mol. The van der Waals surface area contributed by atoms with Gasteiger partial charge in [0.1, 0.15) is 47.3 Å². The number of fused-ring (bicyclic) bond motifs is 2. The van der Waals surface area contributed by atoms with Crippen molar-refractivity contribution in [2.75, 3.05) is 32.6 Å². The predicted molar refractivity (Wildman–Crippen MR) is 145 cm³/mol. The number of anilines is 2. The van der Waals surface area contributed by atoms with E-state index in [9.17, 15) is 8.78 Å². The normalized spacial score (nSPS) is 17.1. The van der Waals surface area contributed by atoms with E-state index in [1.807, 2.05) is 0 Å². The van der Waals surface area contributed by atoms with Crippen molar-refractivity contribution >= 4 is 28.1 Å². The van der Waals surface area contributed by atoms with E-state index in [0.717, 1.165) is 0 Å². The van der Waals surface area contributed by atoms with E-state index in [-0.39, 0.29) is 23.7 Å². The van der Waals surface area contributed by atoms with Gasteiger partial charge in [-0.2, -0.15) is 5.10 Å². The van der Waals surface area contributed by atoms with Crippen LogP contribution in [0.2, 0.25) is 0 Å². The van der Waals surface area contributed by atoms with Crippen molar-refractivity contribution in [2.45, 2.75) is 25.4 Å². The molecule has 0 amide bonds. The SMILES string of the molecule is COc1cc(OC2CCN(C)CC2(F)F)c2c(Nc3cc(C)c(Oc4ccn5ncnc5c4)cc3F)ncnc2c1. The van der Waals surface area contributed by atoms with Crippen molar-refractivity contribution in [1.29, 1.82) is 0 Å². The minimum atomic E-state index is -3.08. The van der Waals surface area contributed by atoms with Crippen LogP contribution in [0.15, 0.2) is 55.2 Å². The van der Waals surface area contributed by atoms with Gasteiger partial charge >= 0.3 is 0 Å².